The zero-order valence-corrected chi connectivity index (χ0v) is 14.3. The molecule has 2 rings (SSSR count). The van der Waals surface area contributed by atoms with Gasteiger partial charge in [0, 0.05) is 24.7 Å². The lowest BCUT2D eigenvalue weighted by atomic mass is 10.0. The molecule has 128 valence electrons. The van der Waals surface area contributed by atoms with Crippen molar-refractivity contribution in [3.8, 4) is 0 Å². The number of benzene rings is 1. The summed E-state index contributed by atoms with van der Waals surface area (Å²) in [7, 11) is 0. The molecule has 0 spiro atoms. The lowest BCUT2D eigenvalue weighted by Crippen LogP contribution is -2.47. The summed E-state index contributed by atoms with van der Waals surface area (Å²) in [5, 5.41) is 14.6. The smallest absolute Gasteiger partial charge is 0.317 e. The van der Waals surface area contributed by atoms with Crippen LogP contribution in [0.25, 0.3) is 0 Å². The lowest BCUT2D eigenvalue weighted by Gasteiger charge is -2.30. The molecule has 0 saturated carbocycles. The highest BCUT2D eigenvalue weighted by molar-refractivity contribution is 5.90. The first-order valence-corrected chi connectivity index (χ1v) is 8.40. The van der Waals surface area contributed by atoms with E-state index in [1.54, 1.807) is 12.1 Å². The highest BCUT2D eigenvalue weighted by atomic mass is 16.5. The number of hydrogen-bond acceptors (Lipinski definition) is 3. The Morgan fingerprint density at radius 2 is 1.79 bits per heavy atom. The van der Waals surface area contributed by atoms with E-state index < -0.39 is 0 Å². The van der Waals surface area contributed by atoms with Gasteiger partial charge in [-0.25, -0.2) is 0 Å². The van der Waals surface area contributed by atoms with E-state index >= 15 is 0 Å². The molecule has 1 unspecified atom stereocenters. The van der Waals surface area contributed by atoms with E-state index in [0.717, 1.165) is 19.5 Å². The highest BCUT2D eigenvalue weighted by Gasteiger charge is 2.20. The molecule has 1 aromatic carbocycles. The predicted molar refractivity (Wildman–Crippen MR) is 94.6 cm³/mol. The third-order valence-corrected chi connectivity index (χ3v) is 4.20. The van der Waals surface area contributed by atoms with Crippen molar-refractivity contribution < 1.29 is 9.52 Å². The van der Waals surface area contributed by atoms with Crippen LogP contribution in [-0.4, -0.2) is 36.5 Å². The van der Waals surface area contributed by atoms with Gasteiger partial charge in [-0.2, -0.15) is 4.73 Å². The number of nitrogens with zero attached hydrogens (tertiary/aromatic N) is 2. The van der Waals surface area contributed by atoms with Crippen LogP contribution in [0, 0.1) is 5.21 Å². The quantitative estimate of drug-likeness (QED) is 0.596. The normalized spacial score (nSPS) is 12.1. The van der Waals surface area contributed by atoms with Crippen LogP contribution < -0.4 is 10.0 Å². The molecule has 0 aliphatic heterocycles. The van der Waals surface area contributed by atoms with Crippen LogP contribution in [-0.2, 0) is 6.42 Å². The molecule has 2 aromatic rings. The molecule has 5 nitrogen and oxygen atoms in total. The monoisotopic (exact) mass is 327 g/mol. The van der Waals surface area contributed by atoms with Gasteiger partial charge in [-0.1, -0.05) is 44.2 Å². The molecule has 0 fully saturated rings. The second-order valence-electron chi connectivity index (χ2n) is 5.69. The number of hydrogen-bond donors (Lipinski definition) is 1. The third kappa shape index (κ3) is 4.80. The molecule has 1 atom stereocenters. The van der Waals surface area contributed by atoms with Crippen molar-refractivity contribution in [2.75, 3.05) is 19.6 Å². The summed E-state index contributed by atoms with van der Waals surface area (Å²) in [4.78, 5) is 14.6. The minimum absolute atomic E-state index is 0.121. The van der Waals surface area contributed by atoms with Crippen LogP contribution in [0.1, 0.15) is 29.9 Å². The van der Waals surface area contributed by atoms with E-state index in [4.69, 9.17) is 0 Å². The molecule has 0 saturated heterocycles. The molecule has 0 aliphatic rings. The standard InChI is InChI=1S/C19H25N3O2/c1-3-21(4-2)17(14-16-10-6-5-7-11-16)15-20-19(23)18-12-8-9-13-22(18)24/h5-13,17H,3-4,14-15H2,1-2H3,(H,20,23). The first kappa shape index (κ1) is 17.9. The van der Waals surface area contributed by atoms with Crippen LogP contribution >= 0.6 is 0 Å². The maximum atomic E-state index is 12.3. The van der Waals surface area contributed by atoms with E-state index in [1.165, 1.54) is 17.8 Å². The van der Waals surface area contributed by atoms with Crippen molar-refractivity contribution in [3.05, 3.63) is 71.2 Å². The Balaban J connectivity index is 2.05. The summed E-state index contributed by atoms with van der Waals surface area (Å²) in [6.07, 6.45) is 2.19. The summed E-state index contributed by atoms with van der Waals surface area (Å²) >= 11 is 0. The molecule has 24 heavy (non-hydrogen) atoms. The fourth-order valence-electron chi connectivity index (χ4n) is 2.86. The van der Waals surface area contributed by atoms with Gasteiger partial charge in [0.15, 0.2) is 6.20 Å². The molecule has 1 N–H and O–H groups in total. The van der Waals surface area contributed by atoms with Crippen molar-refractivity contribution in [3.63, 3.8) is 0 Å². The number of aromatic nitrogens is 1. The van der Waals surface area contributed by atoms with Crippen LogP contribution in [0.4, 0.5) is 0 Å². The zero-order chi connectivity index (χ0) is 17.4. The number of nitrogens with one attached hydrogen (secondary N) is 1. The van der Waals surface area contributed by atoms with Gasteiger partial charge in [-0.3, -0.25) is 9.69 Å². The van der Waals surface area contributed by atoms with Crippen molar-refractivity contribution >= 4 is 5.91 Å². The Kier molecular flexibility index (Phi) is 6.75. The van der Waals surface area contributed by atoms with Gasteiger partial charge in [0.2, 0.25) is 0 Å². The summed E-state index contributed by atoms with van der Waals surface area (Å²) in [5.41, 5.74) is 1.36. The van der Waals surface area contributed by atoms with Gasteiger partial charge >= 0.3 is 5.91 Å². The summed E-state index contributed by atoms with van der Waals surface area (Å²) in [6.45, 7) is 6.57. The molecule has 5 heteroatoms. The number of carbonyl (C=O) groups excluding carboxylic acids is 1. The second kappa shape index (κ2) is 9.03. The zero-order valence-electron chi connectivity index (χ0n) is 14.3. The molecule has 0 aliphatic carbocycles. The lowest BCUT2D eigenvalue weighted by molar-refractivity contribution is -0.607. The Hall–Kier alpha value is -2.40. The number of likely N-dealkylation sites (N-methyl/N-ethyl adjacent to an activating group) is 1. The fourth-order valence-corrected chi connectivity index (χ4v) is 2.86. The van der Waals surface area contributed by atoms with E-state index in [0.29, 0.717) is 11.3 Å². The molecule has 1 amide bonds. The van der Waals surface area contributed by atoms with Crippen LogP contribution in [0.2, 0.25) is 0 Å². The van der Waals surface area contributed by atoms with E-state index in [2.05, 4.69) is 36.2 Å². The largest absolute Gasteiger partial charge is 0.618 e. The van der Waals surface area contributed by atoms with Gasteiger partial charge in [0.05, 0.1) is 0 Å². The Morgan fingerprint density at radius 1 is 1.12 bits per heavy atom. The average Bonchev–Trinajstić information content (AvgIpc) is 2.61. The number of rotatable bonds is 8. The Labute approximate surface area is 143 Å². The number of pyridine rings is 1. The minimum atomic E-state index is -0.337. The Morgan fingerprint density at radius 3 is 2.42 bits per heavy atom. The molecule has 1 aromatic heterocycles. The van der Waals surface area contributed by atoms with E-state index in [9.17, 15) is 10.0 Å². The first-order chi connectivity index (χ1) is 11.7. The fraction of sp³-hybridized carbons (Fsp3) is 0.368. The first-order valence-electron chi connectivity index (χ1n) is 8.40. The molecular weight excluding hydrogens is 302 g/mol. The molecular formula is C19H25N3O2. The van der Waals surface area contributed by atoms with E-state index in [-0.39, 0.29) is 17.6 Å². The van der Waals surface area contributed by atoms with Crippen molar-refractivity contribution in [1.82, 2.24) is 10.2 Å². The summed E-state index contributed by atoms with van der Waals surface area (Å²) in [6, 6.07) is 15.3. The number of amides is 1. The molecule has 0 bridgehead atoms. The summed E-state index contributed by atoms with van der Waals surface area (Å²) in [5.74, 6) is -0.337. The SMILES string of the molecule is CCN(CC)C(CNC(=O)c1cccc[n+]1[O-])Cc1ccccc1. The van der Waals surface area contributed by atoms with Crippen LogP contribution in [0.15, 0.2) is 54.7 Å². The average molecular weight is 327 g/mol. The van der Waals surface area contributed by atoms with Crippen LogP contribution in [0.5, 0.6) is 0 Å². The van der Waals surface area contributed by atoms with Gasteiger partial charge in [0.25, 0.3) is 5.69 Å². The number of carbonyl (C=O) groups is 1. The molecule has 0 radical (unpaired) electrons. The van der Waals surface area contributed by atoms with Gasteiger partial charge in [0.1, 0.15) is 0 Å². The maximum Gasteiger partial charge on any atom is 0.317 e. The van der Waals surface area contributed by atoms with Gasteiger partial charge in [-0.15, -0.1) is 0 Å². The van der Waals surface area contributed by atoms with Crippen molar-refractivity contribution in [1.29, 1.82) is 0 Å². The Bertz CT molecular complexity index is 642. The second-order valence-corrected chi connectivity index (χ2v) is 5.69. The maximum absolute atomic E-state index is 12.3. The van der Waals surface area contributed by atoms with Crippen molar-refractivity contribution in [2.45, 2.75) is 26.3 Å². The molecule has 1 heterocycles. The third-order valence-electron chi connectivity index (χ3n) is 4.20. The summed E-state index contributed by atoms with van der Waals surface area (Å²) < 4.78 is 0.596. The van der Waals surface area contributed by atoms with Gasteiger partial charge in [-0.05, 0) is 31.1 Å². The van der Waals surface area contributed by atoms with E-state index in [1.807, 2.05) is 18.2 Å². The minimum Gasteiger partial charge on any atom is -0.618 e. The topological polar surface area (TPSA) is 59.3 Å². The van der Waals surface area contributed by atoms with Gasteiger partial charge < -0.3 is 10.5 Å². The van der Waals surface area contributed by atoms with Crippen molar-refractivity contribution in [2.24, 2.45) is 0 Å². The van der Waals surface area contributed by atoms with Crippen LogP contribution in [0.3, 0.4) is 0 Å². The highest BCUT2D eigenvalue weighted by Crippen LogP contribution is 2.09. The predicted octanol–water partition coefficient (Wildman–Crippen LogP) is 2.00.